The molecule has 3 aromatic carbocycles. The van der Waals surface area contributed by atoms with Gasteiger partial charge in [0.05, 0.1) is 37.1 Å². The zero-order valence-electron chi connectivity index (χ0n) is 26.6. The van der Waals surface area contributed by atoms with E-state index in [4.69, 9.17) is 9.47 Å². The van der Waals surface area contributed by atoms with E-state index in [1.54, 1.807) is 12.2 Å². The predicted molar refractivity (Wildman–Crippen MR) is 180 cm³/mol. The van der Waals surface area contributed by atoms with Crippen LogP contribution in [-0.4, -0.2) is 55.3 Å². The minimum Gasteiger partial charge on any atom is -0.455 e. The van der Waals surface area contributed by atoms with E-state index < -0.39 is 41.9 Å². The largest absolute Gasteiger partial charge is 0.455 e. The number of allylic oxidation sites excluding steroid dienone is 2. The minimum atomic E-state index is -0.858. The van der Waals surface area contributed by atoms with Crippen molar-refractivity contribution in [2.75, 3.05) is 20.3 Å². The first-order valence-electron chi connectivity index (χ1n) is 15.6. The van der Waals surface area contributed by atoms with E-state index in [0.29, 0.717) is 24.8 Å². The highest BCUT2D eigenvalue weighted by Gasteiger charge is 2.33. The van der Waals surface area contributed by atoms with Crippen molar-refractivity contribution in [2.24, 2.45) is 11.8 Å². The van der Waals surface area contributed by atoms with Crippen molar-refractivity contribution in [3.8, 4) is 0 Å². The first-order chi connectivity index (χ1) is 22.4. The van der Waals surface area contributed by atoms with Gasteiger partial charge in [-0.15, -0.1) is 13.2 Å². The SMILES string of the molecule is C=CC[C@@H](CC(=O)N[C@@H](CO)Cc1ccccc1)C(=O)N[C@@H](COC)[C@@H](OC(=O)[C@@H](CC=C)Cc1ccccc1)c1ccccc1. The zero-order chi connectivity index (χ0) is 33.1. The minimum absolute atomic E-state index is 0.0556. The van der Waals surface area contributed by atoms with Crippen LogP contribution in [0.3, 0.4) is 0 Å². The number of nitrogens with one attached hydrogen (secondary N) is 2. The third-order valence-electron chi connectivity index (χ3n) is 7.68. The number of amides is 2. The molecule has 3 aromatic rings. The molecule has 0 radical (unpaired) electrons. The van der Waals surface area contributed by atoms with Crippen LogP contribution in [0.4, 0.5) is 0 Å². The predicted octanol–water partition coefficient (Wildman–Crippen LogP) is 5.14. The molecule has 46 heavy (non-hydrogen) atoms. The molecule has 0 aliphatic rings. The Morgan fingerprint density at radius 1 is 0.783 bits per heavy atom. The molecular formula is C38H46N2O6. The number of carbonyl (C=O) groups excluding carboxylic acids is 3. The molecule has 0 aromatic heterocycles. The Hall–Kier alpha value is -4.53. The van der Waals surface area contributed by atoms with Crippen LogP contribution in [0, 0.1) is 11.8 Å². The van der Waals surface area contributed by atoms with Crippen LogP contribution in [0.25, 0.3) is 0 Å². The normalized spacial score (nSPS) is 14.1. The fourth-order valence-electron chi connectivity index (χ4n) is 5.35. The first kappa shape index (κ1) is 35.9. The number of hydrogen-bond donors (Lipinski definition) is 3. The monoisotopic (exact) mass is 626 g/mol. The molecule has 0 spiro atoms. The molecule has 3 N–H and O–H groups in total. The molecule has 244 valence electrons. The van der Waals surface area contributed by atoms with Crippen molar-refractivity contribution in [3.05, 3.63) is 133 Å². The van der Waals surface area contributed by atoms with Crippen LogP contribution in [0.15, 0.2) is 116 Å². The summed E-state index contributed by atoms with van der Waals surface area (Å²) in [6.45, 7) is 7.42. The Kier molecular flexibility index (Phi) is 15.4. The second-order valence-electron chi connectivity index (χ2n) is 11.3. The molecular weight excluding hydrogens is 580 g/mol. The Bertz CT molecular complexity index is 1370. The van der Waals surface area contributed by atoms with Gasteiger partial charge in [0.2, 0.25) is 11.8 Å². The molecule has 5 atom stereocenters. The van der Waals surface area contributed by atoms with Crippen molar-refractivity contribution in [2.45, 2.75) is 50.3 Å². The molecule has 8 heteroatoms. The van der Waals surface area contributed by atoms with Gasteiger partial charge in [-0.1, -0.05) is 103 Å². The third-order valence-corrected chi connectivity index (χ3v) is 7.68. The maximum atomic E-state index is 13.7. The molecule has 0 saturated heterocycles. The second kappa shape index (κ2) is 19.8. The van der Waals surface area contributed by atoms with E-state index in [1.807, 2.05) is 91.0 Å². The van der Waals surface area contributed by atoms with Crippen LogP contribution < -0.4 is 10.6 Å². The van der Waals surface area contributed by atoms with E-state index in [0.717, 1.165) is 11.1 Å². The Morgan fingerprint density at radius 2 is 1.33 bits per heavy atom. The Morgan fingerprint density at radius 3 is 1.87 bits per heavy atom. The zero-order valence-corrected chi connectivity index (χ0v) is 26.6. The van der Waals surface area contributed by atoms with Crippen LogP contribution in [-0.2, 0) is 36.7 Å². The average Bonchev–Trinajstić information content (AvgIpc) is 3.07. The molecule has 0 bridgehead atoms. The van der Waals surface area contributed by atoms with E-state index in [9.17, 15) is 19.5 Å². The standard InChI is InChI=1S/C38H46N2O6/c1-4-15-31(25-35(42)39-33(26-41)24-29-19-11-7-12-20-29)37(43)40-34(27-45-3)36(30-21-13-8-14-22-30)46-38(44)32(16-5-2)23-28-17-9-6-10-18-28/h4-14,17-22,31-34,36,41H,1-2,15-16,23-27H2,3H3,(H,39,42)(H,40,43)/t31-,32-,33+,34-,36-/m0/s1. The maximum Gasteiger partial charge on any atom is 0.310 e. The van der Waals surface area contributed by atoms with Crippen molar-refractivity contribution in [3.63, 3.8) is 0 Å². The van der Waals surface area contributed by atoms with E-state index >= 15 is 0 Å². The topological polar surface area (TPSA) is 114 Å². The van der Waals surface area contributed by atoms with E-state index in [-0.39, 0.29) is 32.0 Å². The van der Waals surface area contributed by atoms with Crippen molar-refractivity contribution < 1.29 is 29.0 Å². The van der Waals surface area contributed by atoms with Gasteiger partial charge in [0.1, 0.15) is 6.10 Å². The number of esters is 1. The van der Waals surface area contributed by atoms with Crippen molar-refractivity contribution >= 4 is 17.8 Å². The highest BCUT2D eigenvalue weighted by molar-refractivity contribution is 5.86. The van der Waals surface area contributed by atoms with Gasteiger partial charge in [0, 0.05) is 13.5 Å². The number of aliphatic hydroxyl groups excluding tert-OH is 1. The molecule has 0 fully saturated rings. The number of benzene rings is 3. The summed E-state index contributed by atoms with van der Waals surface area (Å²) < 4.78 is 11.7. The van der Waals surface area contributed by atoms with Crippen LogP contribution in [0.5, 0.6) is 0 Å². The Balaban J connectivity index is 1.77. The lowest BCUT2D eigenvalue weighted by molar-refractivity contribution is -0.158. The van der Waals surface area contributed by atoms with Gasteiger partial charge < -0.3 is 25.2 Å². The lowest BCUT2D eigenvalue weighted by atomic mass is 9.95. The molecule has 0 aliphatic heterocycles. The number of rotatable bonds is 20. The Labute approximate surface area is 272 Å². The molecule has 8 nitrogen and oxygen atoms in total. The number of methoxy groups -OCH3 is 1. The average molecular weight is 627 g/mol. The molecule has 0 aliphatic carbocycles. The lowest BCUT2D eigenvalue weighted by Crippen LogP contribution is -2.47. The van der Waals surface area contributed by atoms with Crippen molar-refractivity contribution in [1.82, 2.24) is 10.6 Å². The summed E-state index contributed by atoms with van der Waals surface area (Å²) in [7, 11) is 1.51. The van der Waals surface area contributed by atoms with Gasteiger partial charge in [0.25, 0.3) is 0 Å². The van der Waals surface area contributed by atoms with Gasteiger partial charge in [-0.2, -0.15) is 0 Å². The quantitative estimate of drug-likeness (QED) is 0.118. The molecule has 0 saturated carbocycles. The summed E-state index contributed by atoms with van der Waals surface area (Å²) in [5.74, 6) is -2.39. The summed E-state index contributed by atoms with van der Waals surface area (Å²) >= 11 is 0. The smallest absolute Gasteiger partial charge is 0.310 e. The number of aliphatic hydroxyl groups is 1. The number of carbonyl (C=O) groups is 3. The fourth-order valence-corrected chi connectivity index (χ4v) is 5.35. The number of hydrogen-bond acceptors (Lipinski definition) is 6. The highest BCUT2D eigenvalue weighted by atomic mass is 16.5. The lowest BCUT2D eigenvalue weighted by Gasteiger charge is -2.30. The van der Waals surface area contributed by atoms with Gasteiger partial charge >= 0.3 is 5.97 Å². The summed E-state index contributed by atoms with van der Waals surface area (Å²) in [6, 6.07) is 27.2. The summed E-state index contributed by atoms with van der Waals surface area (Å²) in [6.07, 6.45) is 3.92. The molecule has 3 rings (SSSR count). The molecule has 0 heterocycles. The molecule has 2 amide bonds. The first-order valence-corrected chi connectivity index (χ1v) is 15.6. The maximum absolute atomic E-state index is 13.7. The third kappa shape index (κ3) is 11.8. The van der Waals surface area contributed by atoms with Crippen LogP contribution >= 0.6 is 0 Å². The van der Waals surface area contributed by atoms with Gasteiger partial charge in [-0.05, 0) is 42.4 Å². The highest BCUT2D eigenvalue weighted by Crippen LogP contribution is 2.26. The van der Waals surface area contributed by atoms with Crippen LogP contribution in [0.1, 0.15) is 42.1 Å². The fraction of sp³-hybridized carbons (Fsp3) is 0.342. The van der Waals surface area contributed by atoms with Gasteiger partial charge in [-0.25, -0.2) is 0 Å². The second-order valence-corrected chi connectivity index (χ2v) is 11.3. The van der Waals surface area contributed by atoms with Gasteiger partial charge in [-0.3, -0.25) is 14.4 Å². The summed E-state index contributed by atoms with van der Waals surface area (Å²) in [5, 5.41) is 15.7. The van der Waals surface area contributed by atoms with Crippen LogP contribution in [0.2, 0.25) is 0 Å². The van der Waals surface area contributed by atoms with Gasteiger partial charge in [0.15, 0.2) is 0 Å². The molecule has 0 unspecified atom stereocenters. The van der Waals surface area contributed by atoms with E-state index in [1.165, 1.54) is 7.11 Å². The summed E-state index contributed by atoms with van der Waals surface area (Å²) in [4.78, 5) is 40.4. The van der Waals surface area contributed by atoms with E-state index in [2.05, 4.69) is 23.8 Å². The number of ether oxygens (including phenoxy) is 2. The summed E-state index contributed by atoms with van der Waals surface area (Å²) in [5.41, 5.74) is 2.67. The van der Waals surface area contributed by atoms with Crippen molar-refractivity contribution in [1.29, 1.82) is 0 Å².